The number of hydrogen-bond acceptors (Lipinski definition) is 4. The normalized spacial score (nSPS) is 10.6. The highest BCUT2D eigenvalue weighted by Gasteiger charge is 2.17. The van der Waals surface area contributed by atoms with Crippen molar-refractivity contribution in [1.82, 2.24) is 4.37 Å². The highest BCUT2D eigenvalue weighted by molar-refractivity contribution is 7.10. The van der Waals surface area contributed by atoms with Crippen LogP contribution < -0.4 is 5.32 Å². The van der Waals surface area contributed by atoms with Crippen LogP contribution in [0.5, 0.6) is 0 Å². The predicted octanol–water partition coefficient (Wildman–Crippen LogP) is 1.83. The topological polar surface area (TPSA) is 62.2 Å². The molecule has 0 aliphatic heterocycles. The first-order valence-electron chi connectivity index (χ1n) is 3.74. The maximum Gasteiger partial charge on any atom is 0.340 e. The minimum atomic E-state index is -2.51. The summed E-state index contributed by atoms with van der Waals surface area (Å²) in [6, 6.07) is 0. The van der Waals surface area contributed by atoms with Crippen molar-refractivity contribution in [1.29, 1.82) is 0 Å². The van der Waals surface area contributed by atoms with Crippen LogP contribution in [-0.4, -0.2) is 28.4 Å². The first kappa shape index (κ1) is 10.8. The van der Waals surface area contributed by atoms with Crippen molar-refractivity contribution in [2.45, 2.75) is 13.3 Å². The Labute approximate surface area is 82.7 Å². The summed E-state index contributed by atoms with van der Waals surface area (Å²) < 4.78 is 27.4. The van der Waals surface area contributed by atoms with E-state index in [0.717, 1.165) is 11.5 Å². The summed E-state index contributed by atoms with van der Waals surface area (Å²) >= 11 is 0.871. The molecule has 1 aromatic rings. The molecule has 0 spiro atoms. The maximum absolute atomic E-state index is 11.8. The Bertz CT molecular complexity index is 340. The second-order valence-electron chi connectivity index (χ2n) is 2.55. The highest BCUT2D eigenvalue weighted by Crippen LogP contribution is 2.24. The summed E-state index contributed by atoms with van der Waals surface area (Å²) in [5.41, 5.74) is 0.301. The third-order valence-electron chi connectivity index (χ3n) is 1.49. The lowest BCUT2D eigenvalue weighted by atomic mass is 10.2. The molecule has 0 aromatic carbocycles. The van der Waals surface area contributed by atoms with Crippen molar-refractivity contribution in [3.63, 3.8) is 0 Å². The van der Waals surface area contributed by atoms with Crippen molar-refractivity contribution in [3.05, 3.63) is 11.3 Å². The van der Waals surface area contributed by atoms with Gasteiger partial charge in [-0.1, -0.05) is 0 Å². The fraction of sp³-hybridized carbons (Fsp3) is 0.429. The maximum atomic E-state index is 11.8. The standard InChI is InChI=1S/C7H8F2N2O2S/c1-3-5(7(12)13)6(14-11-3)10-2-4(8)9/h4,10H,2H2,1H3,(H,12,13). The highest BCUT2D eigenvalue weighted by atomic mass is 32.1. The molecular formula is C7H8F2N2O2S. The van der Waals surface area contributed by atoms with Crippen molar-refractivity contribution < 1.29 is 18.7 Å². The van der Waals surface area contributed by atoms with Gasteiger partial charge in [-0.25, -0.2) is 13.6 Å². The molecule has 4 nitrogen and oxygen atoms in total. The Morgan fingerprint density at radius 1 is 1.71 bits per heavy atom. The molecule has 0 saturated carbocycles. The number of aromatic nitrogens is 1. The fourth-order valence-corrected chi connectivity index (χ4v) is 1.71. The van der Waals surface area contributed by atoms with Crippen LogP contribution in [-0.2, 0) is 0 Å². The number of rotatable bonds is 4. The van der Waals surface area contributed by atoms with E-state index in [-0.39, 0.29) is 10.6 Å². The van der Waals surface area contributed by atoms with Gasteiger partial charge in [0, 0.05) is 0 Å². The number of aromatic carboxylic acids is 1. The molecular weight excluding hydrogens is 214 g/mol. The smallest absolute Gasteiger partial charge is 0.340 e. The number of anilines is 1. The average Bonchev–Trinajstić information content (AvgIpc) is 2.43. The third-order valence-corrected chi connectivity index (χ3v) is 2.39. The first-order chi connectivity index (χ1) is 6.52. The number of halogens is 2. The molecule has 7 heteroatoms. The molecule has 1 heterocycles. The van der Waals surface area contributed by atoms with Gasteiger partial charge in [-0.3, -0.25) is 0 Å². The SMILES string of the molecule is Cc1nsc(NCC(F)F)c1C(=O)O. The molecule has 0 aliphatic carbocycles. The number of hydrogen-bond donors (Lipinski definition) is 2. The first-order valence-corrected chi connectivity index (χ1v) is 4.51. The minimum absolute atomic E-state index is 0.0318. The largest absolute Gasteiger partial charge is 0.478 e. The Balaban J connectivity index is 2.81. The number of nitrogens with zero attached hydrogens (tertiary/aromatic N) is 1. The summed E-state index contributed by atoms with van der Waals surface area (Å²) in [6.07, 6.45) is -2.51. The lowest BCUT2D eigenvalue weighted by Crippen LogP contribution is -2.11. The van der Waals surface area contributed by atoms with E-state index in [2.05, 4.69) is 9.69 Å². The van der Waals surface area contributed by atoms with Gasteiger partial charge in [0.1, 0.15) is 10.6 Å². The number of alkyl halides is 2. The fourth-order valence-electron chi connectivity index (χ4n) is 0.912. The second kappa shape index (κ2) is 4.32. The van der Waals surface area contributed by atoms with E-state index in [4.69, 9.17) is 5.11 Å². The molecule has 2 N–H and O–H groups in total. The Morgan fingerprint density at radius 3 is 2.86 bits per heavy atom. The third kappa shape index (κ3) is 2.38. The van der Waals surface area contributed by atoms with Crippen LogP contribution >= 0.6 is 11.5 Å². The molecule has 0 radical (unpaired) electrons. The summed E-state index contributed by atoms with van der Waals surface area (Å²) in [6.45, 7) is 0.954. The molecule has 78 valence electrons. The van der Waals surface area contributed by atoms with Crippen LogP contribution in [0.4, 0.5) is 13.8 Å². The van der Waals surface area contributed by atoms with E-state index in [1.165, 1.54) is 6.92 Å². The lowest BCUT2D eigenvalue weighted by molar-refractivity contribution is 0.0697. The molecule has 0 atom stereocenters. The molecule has 1 aromatic heterocycles. The molecule has 14 heavy (non-hydrogen) atoms. The van der Waals surface area contributed by atoms with Gasteiger partial charge in [-0.05, 0) is 18.5 Å². The number of carboxylic acid groups (broad SMARTS) is 1. The number of carbonyl (C=O) groups is 1. The molecule has 0 saturated heterocycles. The second-order valence-corrected chi connectivity index (χ2v) is 3.32. The van der Waals surface area contributed by atoms with Crippen LogP contribution in [0, 0.1) is 6.92 Å². The van der Waals surface area contributed by atoms with Crippen molar-refractivity contribution in [2.24, 2.45) is 0 Å². The van der Waals surface area contributed by atoms with Gasteiger partial charge in [-0.2, -0.15) is 4.37 Å². The average molecular weight is 222 g/mol. The summed E-state index contributed by atoms with van der Waals surface area (Å²) in [5.74, 6) is -1.16. The number of carboxylic acids is 1. The van der Waals surface area contributed by atoms with E-state index in [0.29, 0.717) is 5.69 Å². The quantitative estimate of drug-likeness (QED) is 0.815. The van der Waals surface area contributed by atoms with Crippen molar-refractivity contribution >= 4 is 22.5 Å². The Hall–Kier alpha value is -1.24. The summed E-state index contributed by atoms with van der Waals surface area (Å²) in [7, 11) is 0. The zero-order chi connectivity index (χ0) is 10.7. The van der Waals surface area contributed by atoms with E-state index in [9.17, 15) is 13.6 Å². The molecule has 0 aliphatic rings. The van der Waals surface area contributed by atoms with Crippen molar-refractivity contribution in [3.8, 4) is 0 Å². The van der Waals surface area contributed by atoms with Gasteiger partial charge < -0.3 is 10.4 Å². The van der Waals surface area contributed by atoms with Gasteiger partial charge in [-0.15, -0.1) is 0 Å². The van der Waals surface area contributed by atoms with Crippen LogP contribution in [0.15, 0.2) is 0 Å². The summed E-state index contributed by atoms with van der Waals surface area (Å²) in [4.78, 5) is 10.7. The van der Waals surface area contributed by atoms with Crippen LogP contribution in [0.1, 0.15) is 16.1 Å². The zero-order valence-corrected chi connectivity index (χ0v) is 8.07. The van der Waals surface area contributed by atoms with Crippen LogP contribution in [0.25, 0.3) is 0 Å². The van der Waals surface area contributed by atoms with Crippen LogP contribution in [0.3, 0.4) is 0 Å². The Kier molecular flexibility index (Phi) is 3.34. The van der Waals surface area contributed by atoms with Gasteiger partial charge >= 0.3 is 5.97 Å². The number of nitrogens with one attached hydrogen (secondary N) is 1. The predicted molar refractivity (Wildman–Crippen MR) is 48.3 cm³/mol. The molecule has 0 unspecified atom stereocenters. The van der Waals surface area contributed by atoms with Gasteiger partial charge in [0.25, 0.3) is 6.43 Å². The monoisotopic (exact) mass is 222 g/mol. The van der Waals surface area contributed by atoms with E-state index < -0.39 is 18.9 Å². The molecule has 0 fully saturated rings. The molecule has 0 amide bonds. The molecule has 1 rings (SSSR count). The van der Waals surface area contributed by atoms with Crippen molar-refractivity contribution in [2.75, 3.05) is 11.9 Å². The van der Waals surface area contributed by atoms with E-state index in [1.54, 1.807) is 0 Å². The van der Waals surface area contributed by atoms with E-state index >= 15 is 0 Å². The number of aryl methyl sites for hydroxylation is 1. The lowest BCUT2D eigenvalue weighted by Gasteiger charge is -2.02. The summed E-state index contributed by atoms with van der Waals surface area (Å²) in [5, 5.41) is 11.3. The van der Waals surface area contributed by atoms with Gasteiger partial charge in [0.05, 0.1) is 12.2 Å². The molecule has 0 bridgehead atoms. The van der Waals surface area contributed by atoms with Gasteiger partial charge in [0.2, 0.25) is 0 Å². The van der Waals surface area contributed by atoms with Crippen LogP contribution in [0.2, 0.25) is 0 Å². The minimum Gasteiger partial charge on any atom is -0.478 e. The van der Waals surface area contributed by atoms with E-state index in [1.807, 2.05) is 0 Å². The zero-order valence-electron chi connectivity index (χ0n) is 7.25. The van der Waals surface area contributed by atoms with Gasteiger partial charge in [0.15, 0.2) is 0 Å². The Morgan fingerprint density at radius 2 is 2.36 bits per heavy atom.